The normalized spacial score (nSPS) is 43.9. The van der Waals surface area contributed by atoms with Crippen molar-refractivity contribution >= 4 is 0 Å². The van der Waals surface area contributed by atoms with Crippen molar-refractivity contribution in [3.63, 3.8) is 0 Å². The standard InChI is InChI=1S/C8H17NO5/c1-12-7-4(3-10)14-8(13-2)5(9)6(7)11/h4-8,10-11H,3,9H2,1-2H3/t4?,5-,6?,7+,8+/m0/s1. The van der Waals surface area contributed by atoms with Crippen LogP contribution in [0, 0.1) is 0 Å². The highest BCUT2D eigenvalue weighted by Gasteiger charge is 2.43. The molecule has 0 amide bonds. The fourth-order valence-electron chi connectivity index (χ4n) is 1.59. The van der Waals surface area contributed by atoms with Gasteiger partial charge in [-0.3, -0.25) is 0 Å². The van der Waals surface area contributed by atoms with Crippen LogP contribution in [0.15, 0.2) is 0 Å². The van der Waals surface area contributed by atoms with Gasteiger partial charge in [0, 0.05) is 14.2 Å². The van der Waals surface area contributed by atoms with E-state index >= 15 is 0 Å². The summed E-state index contributed by atoms with van der Waals surface area (Å²) < 4.78 is 15.2. The molecule has 6 nitrogen and oxygen atoms in total. The molecular formula is C8H17NO5. The Morgan fingerprint density at radius 1 is 1.36 bits per heavy atom. The summed E-state index contributed by atoms with van der Waals surface area (Å²) in [4.78, 5) is 0. The Balaban J connectivity index is 2.71. The largest absolute Gasteiger partial charge is 0.394 e. The van der Waals surface area contributed by atoms with E-state index in [1.165, 1.54) is 14.2 Å². The average molecular weight is 207 g/mol. The summed E-state index contributed by atoms with van der Waals surface area (Å²) in [5.41, 5.74) is 5.65. The van der Waals surface area contributed by atoms with Crippen LogP contribution in [0.3, 0.4) is 0 Å². The first-order chi connectivity index (χ1) is 6.65. The molecule has 0 aromatic rings. The first-order valence-electron chi connectivity index (χ1n) is 4.41. The summed E-state index contributed by atoms with van der Waals surface area (Å²) in [5, 5.41) is 18.7. The van der Waals surface area contributed by atoms with Gasteiger partial charge in [0.15, 0.2) is 6.29 Å². The summed E-state index contributed by atoms with van der Waals surface area (Å²) in [6, 6.07) is -0.673. The Morgan fingerprint density at radius 2 is 2.00 bits per heavy atom. The molecule has 1 rings (SSSR count). The number of methoxy groups -OCH3 is 2. The van der Waals surface area contributed by atoms with Crippen molar-refractivity contribution < 1.29 is 24.4 Å². The maximum atomic E-state index is 9.72. The van der Waals surface area contributed by atoms with Crippen LogP contribution in [0.2, 0.25) is 0 Å². The maximum Gasteiger partial charge on any atom is 0.175 e. The van der Waals surface area contributed by atoms with Gasteiger partial charge >= 0.3 is 0 Å². The van der Waals surface area contributed by atoms with E-state index in [0.29, 0.717) is 0 Å². The Hall–Kier alpha value is -0.240. The fraction of sp³-hybridized carbons (Fsp3) is 1.00. The fourth-order valence-corrected chi connectivity index (χ4v) is 1.59. The lowest BCUT2D eigenvalue weighted by Crippen LogP contribution is -2.62. The molecule has 6 heteroatoms. The second-order valence-corrected chi connectivity index (χ2v) is 3.23. The van der Waals surface area contributed by atoms with Crippen molar-refractivity contribution in [2.45, 2.75) is 30.6 Å². The number of aliphatic hydroxyl groups is 2. The van der Waals surface area contributed by atoms with Crippen LogP contribution in [0.5, 0.6) is 0 Å². The highest BCUT2D eigenvalue weighted by atomic mass is 16.7. The van der Waals surface area contributed by atoms with Crippen LogP contribution in [0.25, 0.3) is 0 Å². The maximum absolute atomic E-state index is 9.72. The Morgan fingerprint density at radius 3 is 2.43 bits per heavy atom. The van der Waals surface area contributed by atoms with Crippen LogP contribution in [-0.4, -0.2) is 61.7 Å². The van der Waals surface area contributed by atoms with E-state index in [4.69, 9.17) is 25.1 Å². The zero-order valence-corrected chi connectivity index (χ0v) is 8.29. The van der Waals surface area contributed by atoms with Gasteiger partial charge in [0.25, 0.3) is 0 Å². The molecule has 0 bridgehead atoms. The molecule has 1 heterocycles. The van der Waals surface area contributed by atoms with Gasteiger partial charge in [0.1, 0.15) is 18.3 Å². The molecule has 0 radical (unpaired) electrons. The van der Waals surface area contributed by atoms with E-state index in [-0.39, 0.29) is 6.61 Å². The van der Waals surface area contributed by atoms with Crippen LogP contribution < -0.4 is 5.73 Å². The lowest BCUT2D eigenvalue weighted by Gasteiger charge is -2.41. The van der Waals surface area contributed by atoms with Gasteiger partial charge in [-0.15, -0.1) is 0 Å². The molecule has 1 aliphatic rings. The zero-order valence-electron chi connectivity index (χ0n) is 8.29. The number of ether oxygens (including phenoxy) is 3. The third kappa shape index (κ3) is 2.05. The molecule has 0 aromatic carbocycles. The third-order valence-corrected chi connectivity index (χ3v) is 2.40. The smallest absolute Gasteiger partial charge is 0.175 e. The molecule has 0 aromatic heterocycles. The summed E-state index contributed by atoms with van der Waals surface area (Å²) >= 11 is 0. The molecular weight excluding hydrogens is 190 g/mol. The van der Waals surface area contributed by atoms with Gasteiger partial charge in [-0.05, 0) is 0 Å². The van der Waals surface area contributed by atoms with E-state index < -0.39 is 30.6 Å². The van der Waals surface area contributed by atoms with Crippen LogP contribution in [0.4, 0.5) is 0 Å². The topological polar surface area (TPSA) is 94.2 Å². The highest BCUT2D eigenvalue weighted by Crippen LogP contribution is 2.21. The molecule has 1 aliphatic heterocycles. The highest BCUT2D eigenvalue weighted by molar-refractivity contribution is 4.92. The summed E-state index contributed by atoms with van der Waals surface area (Å²) in [7, 11) is 2.86. The third-order valence-electron chi connectivity index (χ3n) is 2.40. The second-order valence-electron chi connectivity index (χ2n) is 3.23. The van der Waals surface area contributed by atoms with Crippen LogP contribution >= 0.6 is 0 Å². The molecule has 4 N–H and O–H groups in total. The van der Waals surface area contributed by atoms with Crippen molar-refractivity contribution in [3.05, 3.63) is 0 Å². The number of hydrogen-bond acceptors (Lipinski definition) is 6. The quantitative estimate of drug-likeness (QED) is 0.498. The monoisotopic (exact) mass is 207 g/mol. The molecule has 1 fully saturated rings. The molecule has 5 atom stereocenters. The second kappa shape index (κ2) is 5.01. The van der Waals surface area contributed by atoms with Gasteiger partial charge < -0.3 is 30.2 Å². The van der Waals surface area contributed by atoms with E-state index in [1.807, 2.05) is 0 Å². The Kier molecular flexibility index (Phi) is 4.24. The van der Waals surface area contributed by atoms with E-state index in [2.05, 4.69) is 0 Å². The number of aliphatic hydroxyl groups excluding tert-OH is 2. The summed E-state index contributed by atoms with van der Waals surface area (Å²) in [6.07, 6.45) is -2.86. The predicted molar refractivity (Wildman–Crippen MR) is 47.5 cm³/mol. The van der Waals surface area contributed by atoms with E-state index in [9.17, 15) is 5.11 Å². The minimum atomic E-state index is -0.907. The number of rotatable bonds is 3. The van der Waals surface area contributed by atoms with Gasteiger partial charge in [0.2, 0.25) is 0 Å². The minimum Gasteiger partial charge on any atom is -0.394 e. The Labute approximate surface area is 82.6 Å². The average Bonchev–Trinajstić information content (AvgIpc) is 2.21. The van der Waals surface area contributed by atoms with Crippen molar-refractivity contribution in [1.82, 2.24) is 0 Å². The first kappa shape index (κ1) is 11.8. The first-order valence-corrected chi connectivity index (χ1v) is 4.41. The van der Waals surface area contributed by atoms with Crippen LogP contribution in [-0.2, 0) is 14.2 Å². The van der Waals surface area contributed by atoms with Gasteiger partial charge in [-0.2, -0.15) is 0 Å². The number of hydrogen-bond donors (Lipinski definition) is 3. The Bertz CT molecular complexity index is 177. The molecule has 1 saturated heterocycles. The van der Waals surface area contributed by atoms with Crippen molar-refractivity contribution in [2.24, 2.45) is 5.73 Å². The van der Waals surface area contributed by atoms with Crippen molar-refractivity contribution in [3.8, 4) is 0 Å². The molecule has 14 heavy (non-hydrogen) atoms. The van der Waals surface area contributed by atoms with Crippen molar-refractivity contribution in [1.29, 1.82) is 0 Å². The lowest BCUT2D eigenvalue weighted by molar-refractivity contribution is -0.262. The molecule has 0 saturated carbocycles. The van der Waals surface area contributed by atoms with E-state index in [1.54, 1.807) is 0 Å². The SMILES string of the molecule is CO[C@@H]1C(CO)O[C@@H](OC)[C@@H](N)C1O. The molecule has 0 aliphatic carbocycles. The van der Waals surface area contributed by atoms with Crippen molar-refractivity contribution in [2.75, 3.05) is 20.8 Å². The minimum absolute atomic E-state index is 0.248. The number of nitrogens with two attached hydrogens (primary N) is 1. The predicted octanol–water partition coefficient (Wildman–Crippen LogP) is -1.95. The summed E-state index contributed by atoms with van der Waals surface area (Å²) in [6.45, 7) is -0.248. The van der Waals surface area contributed by atoms with Crippen LogP contribution in [0.1, 0.15) is 0 Å². The van der Waals surface area contributed by atoms with Gasteiger partial charge in [-0.25, -0.2) is 0 Å². The van der Waals surface area contributed by atoms with Gasteiger partial charge in [0.05, 0.1) is 12.6 Å². The molecule has 84 valence electrons. The summed E-state index contributed by atoms with van der Waals surface area (Å²) in [5.74, 6) is 0. The van der Waals surface area contributed by atoms with Gasteiger partial charge in [-0.1, -0.05) is 0 Å². The molecule has 2 unspecified atom stereocenters. The lowest BCUT2D eigenvalue weighted by atomic mass is 9.97. The zero-order chi connectivity index (χ0) is 10.7. The molecule has 0 spiro atoms. The van der Waals surface area contributed by atoms with E-state index in [0.717, 1.165) is 0 Å².